The lowest BCUT2D eigenvalue weighted by Crippen LogP contribution is -2.75. The molecule has 24 heavy (non-hydrogen) atoms. The number of hydrogen-bond acceptors (Lipinski definition) is 3. The zero-order valence-corrected chi connectivity index (χ0v) is 12.6. The van der Waals surface area contributed by atoms with Crippen molar-refractivity contribution in [2.24, 2.45) is 10.8 Å². The summed E-state index contributed by atoms with van der Waals surface area (Å²) in [6, 6.07) is 7.41. The summed E-state index contributed by atoms with van der Waals surface area (Å²) in [5.41, 5.74) is -2.07. The van der Waals surface area contributed by atoms with Gasteiger partial charge in [-0.1, -0.05) is 30.3 Å². The van der Waals surface area contributed by atoms with Crippen molar-refractivity contribution in [2.75, 3.05) is 0 Å². The van der Waals surface area contributed by atoms with Crippen LogP contribution >= 0.6 is 0 Å². The van der Waals surface area contributed by atoms with Gasteiger partial charge in [0.2, 0.25) is 0 Å². The molecule has 1 aromatic carbocycles. The molecule has 2 bridgehead atoms. The van der Waals surface area contributed by atoms with Gasteiger partial charge < -0.3 is 15.2 Å². The maximum absolute atomic E-state index is 12.9. The summed E-state index contributed by atoms with van der Waals surface area (Å²) in [6.45, 7) is -0.0432. The molecule has 4 rings (SSSR count). The minimum atomic E-state index is -4.33. The molecule has 3 saturated carbocycles. The molecule has 0 saturated heterocycles. The van der Waals surface area contributed by atoms with E-state index in [-0.39, 0.29) is 25.9 Å². The fourth-order valence-electron chi connectivity index (χ4n) is 3.83. The predicted octanol–water partition coefficient (Wildman–Crippen LogP) is 3.10. The van der Waals surface area contributed by atoms with Crippen molar-refractivity contribution in [1.82, 2.24) is 5.32 Å². The van der Waals surface area contributed by atoms with Crippen LogP contribution in [0.25, 0.3) is 0 Å². The summed E-state index contributed by atoms with van der Waals surface area (Å²) in [4.78, 5) is 23.2. The van der Waals surface area contributed by atoms with E-state index >= 15 is 0 Å². The van der Waals surface area contributed by atoms with E-state index in [1.165, 1.54) is 0 Å². The summed E-state index contributed by atoms with van der Waals surface area (Å²) in [7, 11) is 0. The van der Waals surface area contributed by atoms with E-state index in [0.29, 0.717) is 0 Å². The molecule has 8 heteroatoms. The highest BCUT2D eigenvalue weighted by molar-refractivity contribution is 5.81. The van der Waals surface area contributed by atoms with Crippen LogP contribution in [-0.4, -0.2) is 29.4 Å². The van der Waals surface area contributed by atoms with Crippen LogP contribution < -0.4 is 5.32 Å². The van der Waals surface area contributed by atoms with E-state index in [0.717, 1.165) is 5.56 Å². The number of carbonyl (C=O) groups excluding carboxylic acids is 1. The number of alkyl carbamates (subject to hydrolysis) is 1. The maximum atomic E-state index is 12.9. The van der Waals surface area contributed by atoms with Gasteiger partial charge >= 0.3 is 18.2 Å². The van der Waals surface area contributed by atoms with Gasteiger partial charge in [0.15, 0.2) is 0 Å². The Morgan fingerprint density at radius 1 is 1.21 bits per heavy atom. The van der Waals surface area contributed by atoms with Crippen molar-refractivity contribution in [3.05, 3.63) is 35.9 Å². The van der Waals surface area contributed by atoms with Gasteiger partial charge in [0, 0.05) is 5.41 Å². The number of ether oxygens (including phenoxy) is 1. The summed E-state index contributed by atoms with van der Waals surface area (Å²) >= 11 is 0. The molecule has 5 nitrogen and oxygen atoms in total. The molecular formula is C16H16F3NO4. The molecule has 3 aliphatic carbocycles. The number of carboxylic acid groups (broad SMARTS) is 1. The maximum Gasteiger partial charge on any atom is 0.408 e. The van der Waals surface area contributed by atoms with Crippen LogP contribution in [0.5, 0.6) is 0 Å². The van der Waals surface area contributed by atoms with E-state index < -0.39 is 35.1 Å². The van der Waals surface area contributed by atoms with Crippen LogP contribution in [0.2, 0.25) is 0 Å². The fourth-order valence-corrected chi connectivity index (χ4v) is 3.83. The van der Waals surface area contributed by atoms with Gasteiger partial charge in [-0.05, 0) is 24.8 Å². The third-order valence-electron chi connectivity index (χ3n) is 5.01. The Kier molecular flexibility index (Phi) is 3.73. The summed E-state index contributed by atoms with van der Waals surface area (Å²) in [6.07, 6.45) is -6.07. The van der Waals surface area contributed by atoms with Gasteiger partial charge in [-0.3, -0.25) is 0 Å². The lowest BCUT2D eigenvalue weighted by molar-refractivity contribution is -0.367. The van der Waals surface area contributed by atoms with Crippen LogP contribution in [-0.2, 0) is 16.1 Å². The first-order valence-electron chi connectivity index (χ1n) is 7.44. The lowest BCUT2D eigenvalue weighted by atomic mass is 9.33. The second-order valence-electron chi connectivity index (χ2n) is 6.65. The number of carboxylic acids is 1. The molecule has 0 radical (unpaired) electrons. The monoisotopic (exact) mass is 343 g/mol. The van der Waals surface area contributed by atoms with Gasteiger partial charge in [-0.25, -0.2) is 9.59 Å². The summed E-state index contributed by atoms with van der Waals surface area (Å²) in [5.74, 6) is -1.35. The molecule has 3 fully saturated rings. The number of rotatable bonds is 5. The van der Waals surface area contributed by atoms with Gasteiger partial charge in [-0.15, -0.1) is 0 Å². The first-order valence-corrected chi connectivity index (χ1v) is 7.44. The van der Waals surface area contributed by atoms with Crippen LogP contribution in [0, 0.1) is 10.8 Å². The molecule has 1 atom stereocenters. The predicted molar refractivity (Wildman–Crippen MR) is 76.0 cm³/mol. The second kappa shape index (κ2) is 5.39. The Hall–Kier alpha value is -2.25. The van der Waals surface area contributed by atoms with Gasteiger partial charge in [0.1, 0.15) is 12.6 Å². The van der Waals surface area contributed by atoms with Gasteiger partial charge in [0.05, 0.1) is 5.41 Å². The van der Waals surface area contributed by atoms with Crippen molar-refractivity contribution in [3.63, 3.8) is 0 Å². The molecular weight excluding hydrogens is 327 g/mol. The van der Waals surface area contributed by atoms with E-state index in [1.54, 1.807) is 30.3 Å². The average molecular weight is 343 g/mol. The smallest absolute Gasteiger partial charge is 0.408 e. The standard InChI is InChI=1S/C16H16F3NO4/c17-16(18,19)15-7-14(8-15,9-15)11(12(21)22)20-13(23)24-6-10-4-2-1-3-5-10/h1-5,11H,6-9H2,(H,20,23)(H,21,22). The van der Waals surface area contributed by atoms with Crippen LogP contribution in [0.4, 0.5) is 18.0 Å². The lowest BCUT2D eigenvalue weighted by Gasteiger charge is -2.71. The number of benzene rings is 1. The number of hydrogen-bond donors (Lipinski definition) is 2. The highest BCUT2D eigenvalue weighted by Gasteiger charge is 2.81. The largest absolute Gasteiger partial charge is 0.480 e. The van der Waals surface area contributed by atoms with E-state index in [1.807, 2.05) is 0 Å². The van der Waals surface area contributed by atoms with Crippen molar-refractivity contribution in [2.45, 2.75) is 38.1 Å². The zero-order chi connectivity index (χ0) is 17.6. The quantitative estimate of drug-likeness (QED) is 0.861. The molecule has 2 N–H and O–H groups in total. The van der Waals surface area contributed by atoms with Crippen LogP contribution in [0.15, 0.2) is 30.3 Å². The average Bonchev–Trinajstić information content (AvgIpc) is 2.40. The number of nitrogens with one attached hydrogen (secondary N) is 1. The number of carbonyl (C=O) groups is 2. The van der Waals surface area contributed by atoms with Crippen LogP contribution in [0.3, 0.4) is 0 Å². The molecule has 3 aliphatic rings. The SMILES string of the molecule is O=C(NC(C(=O)O)C12CC(C(F)(F)F)(C1)C2)OCc1ccccc1. The molecule has 0 spiro atoms. The molecule has 0 aromatic heterocycles. The minimum absolute atomic E-state index is 0.0432. The van der Waals surface area contributed by atoms with Crippen molar-refractivity contribution in [3.8, 4) is 0 Å². The minimum Gasteiger partial charge on any atom is -0.480 e. The first-order chi connectivity index (χ1) is 11.2. The molecule has 1 amide bonds. The van der Waals surface area contributed by atoms with Gasteiger partial charge in [0.25, 0.3) is 0 Å². The molecule has 0 aliphatic heterocycles. The van der Waals surface area contributed by atoms with Crippen molar-refractivity contribution < 1.29 is 32.6 Å². The second-order valence-corrected chi connectivity index (χ2v) is 6.65. The number of halogens is 3. The van der Waals surface area contributed by atoms with Crippen LogP contribution in [0.1, 0.15) is 24.8 Å². The normalized spacial score (nSPS) is 29.0. The highest BCUT2D eigenvalue weighted by Crippen LogP contribution is 2.79. The Morgan fingerprint density at radius 2 is 1.79 bits per heavy atom. The van der Waals surface area contributed by atoms with E-state index in [4.69, 9.17) is 4.74 Å². The molecule has 0 heterocycles. The topological polar surface area (TPSA) is 75.6 Å². The fraction of sp³-hybridized carbons (Fsp3) is 0.500. The summed E-state index contributed by atoms with van der Waals surface area (Å²) in [5, 5.41) is 11.5. The Labute approximate surface area is 135 Å². The molecule has 1 aromatic rings. The Bertz CT molecular complexity index is 639. The highest BCUT2D eigenvalue weighted by atomic mass is 19.4. The number of amides is 1. The zero-order valence-electron chi connectivity index (χ0n) is 12.6. The first kappa shape index (κ1) is 16.6. The van der Waals surface area contributed by atoms with Gasteiger partial charge in [-0.2, -0.15) is 13.2 Å². The third kappa shape index (κ3) is 2.59. The van der Waals surface area contributed by atoms with E-state index in [9.17, 15) is 27.9 Å². The Morgan fingerprint density at radius 3 is 2.29 bits per heavy atom. The summed E-state index contributed by atoms with van der Waals surface area (Å²) < 4.78 is 43.6. The van der Waals surface area contributed by atoms with Crippen molar-refractivity contribution >= 4 is 12.1 Å². The third-order valence-corrected chi connectivity index (χ3v) is 5.01. The van der Waals surface area contributed by atoms with Crippen molar-refractivity contribution in [1.29, 1.82) is 0 Å². The number of aliphatic carboxylic acids is 1. The molecule has 130 valence electrons. The molecule has 1 unspecified atom stereocenters. The Balaban J connectivity index is 1.57. The number of alkyl halides is 3. The van der Waals surface area contributed by atoms with E-state index in [2.05, 4.69) is 5.32 Å².